The number of unbranched alkanes of at least 4 members (excludes halogenated alkanes) is 2. The molecule has 292 valence electrons. The van der Waals surface area contributed by atoms with E-state index in [0.717, 1.165) is 31.2 Å². The highest BCUT2D eigenvalue weighted by Crippen LogP contribution is 2.46. The zero-order chi connectivity index (χ0) is 38.2. The predicted molar refractivity (Wildman–Crippen MR) is 196 cm³/mol. The fourth-order valence-electron chi connectivity index (χ4n) is 5.41. The molecule has 0 unspecified atom stereocenters. The van der Waals surface area contributed by atoms with Crippen LogP contribution in [0.3, 0.4) is 0 Å². The number of hydrogen-bond donors (Lipinski definition) is 4. The number of carbonyl (C=O) groups is 5. The Morgan fingerprint density at radius 2 is 1.28 bits per heavy atom. The normalized spacial score (nSPS) is 13.4. The maximum atomic E-state index is 13.2. The van der Waals surface area contributed by atoms with Crippen LogP contribution in [0.5, 0.6) is 0 Å². The SMILES string of the molecule is COCCOCC(=O)NCCCC[C@H](NC(=O)COCCOC)C(=O)NCC1(C(=O)ONC(=O)Cc2ccc(CCCCc3ccccc3)cc2)CC1. The van der Waals surface area contributed by atoms with Crippen molar-refractivity contribution in [1.29, 1.82) is 0 Å². The molecule has 1 saturated carbocycles. The Hall–Kier alpha value is -4.37. The van der Waals surface area contributed by atoms with Crippen molar-refractivity contribution in [3.63, 3.8) is 0 Å². The van der Waals surface area contributed by atoms with Gasteiger partial charge >= 0.3 is 5.97 Å². The van der Waals surface area contributed by atoms with Gasteiger partial charge < -0.3 is 39.7 Å². The van der Waals surface area contributed by atoms with Crippen molar-refractivity contribution >= 4 is 29.6 Å². The maximum Gasteiger partial charge on any atom is 0.340 e. The van der Waals surface area contributed by atoms with Crippen molar-refractivity contribution in [2.75, 3.05) is 67.0 Å². The number of methoxy groups -OCH3 is 2. The largest absolute Gasteiger partial charge is 0.382 e. The molecule has 0 spiro atoms. The van der Waals surface area contributed by atoms with E-state index in [1.54, 1.807) is 7.11 Å². The molecule has 2 aromatic rings. The van der Waals surface area contributed by atoms with Crippen LogP contribution in [0.1, 0.15) is 61.6 Å². The quantitative estimate of drug-likeness (QED) is 0.0785. The summed E-state index contributed by atoms with van der Waals surface area (Å²) in [6.45, 7) is 1.29. The first-order valence-electron chi connectivity index (χ1n) is 18.3. The second-order valence-electron chi connectivity index (χ2n) is 13.2. The molecular formula is C39H56N4O10. The molecule has 0 aliphatic heterocycles. The van der Waals surface area contributed by atoms with Gasteiger partial charge in [-0.2, -0.15) is 5.48 Å². The number of ether oxygens (including phenoxy) is 4. The van der Waals surface area contributed by atoms with Crippen LogP contribution in [-0.4, -0.2) is 103 Å². The van der Waals surface area contributed by atoms with Crippen molar-refractivity contribution in [2.45, 2.75) is 70.3 Å². The highest BCUT2D eigenvalue weighted by atomic mass is 16.7. The monoisotopic (exact) mass is 740 g/mol. The Labute approximate surface area is 312 Å². The molecule has 1 fully saturated rings. The number of hydrogen-bond acceptors (Lipinski definition) is 10. The summed E-state index contributed by atoms with van der Waals surface area (Å²) in [4.78, 5) is 68.3. The van der Waals surface area contributed by atoms with Gasteiger partial charge in [-0.25, -0.2) is 4.79 Å². The molecule has 1 aliphatic rings. The fraction of sp³-hybridized carbons (Fsp3) is 0.564. The Morgan fingerprint density at radius 1 is 0.679 bits per heavy atom. The van der Waals surface area contributed by atoms with Gasteiger partial charge in [0.25, 0.3) is 5.91 Å². The van der Waals surface area contributed by atoms with Crippen LogP contribution >= 0.6 is 0 Å². The molecule has 3 rings (SSSR count). The van der Waals surface area contributed by atoms with Crippen LogP contribution in [-0.2, 0) is 67.0 Å². The molecule has 0 saturated heterocycles. The average molecular weight is 741 g/mol. The summed E-state index contributed by atoms with van der Waals surface area (Å²) in [6.07, 6.45) is 6.55. The van der Waals surface area contributed by atoms with Crippen molar-refractivity contribution in [2.24, 2.45) is 5.41 Å². The van der Waals surface area contributed by atoms with Crippen LogP contribution in [0.25, 0.3) is 0 Å². The van der Waals surface area contributed by atoms with Gasteiger partial charge in [-0.15, -0.1) is 0 Å². The fourth-order valence-corrected chi connectivity index (χ4v) is 5.41. The Morgan fingerprint density at radius 3 is 1.91 bits per heavy atom. The Kier molecular flexibility index (Phi) is 20.1. The minimum absolute atomic E-state index is 0.0107. The molecule has 14 nitrogen and oxygen atoms in total. The third-order valence-electron chi connectivity index (χ3n) is 8.78. The zero-order valence-electron chi connectivity index (χ0n) is 31.1. The third-order valence-corrected chi connectivity index (χ3v) is 8.78. The molecular weight excluding hydrogens is 684 g/mol. The van der Waals surface area contributed by atoms with Gasteiger partial charge in [0, 0.05) is 27.3 Å². The lowest BCUT2D eigenvalue weighted by Crippen LogP contribution is -2.49. The average Bonchev–Trinajstić information content (AvgIpc) is 3.96. The van der Waals surface area contributed by atoms with E-state index in [-0.39, 0.29) is 38.7 Å². The lowest BCUT2D eigenvalue weighted by atomic mass is 10.0. The molecule has 1 aliphatic carbocycles. The number of rotatable bonds is 27. The molecule has 0 heterocycles. The lowest BCUT2D eigenvalue weighted by molar-refractivity contribution is -0.163. The second kappa shape index (κ2) is 24.8. The van der Waals surface area contributed by atoms with Gasteiger partial charge in [0.1, 0.15) is 19.3 Å². The molecule has 4 N–H and O–H groups in total. The molecule has 0 aromatic heterocycles. The van der Waals surface area contributed by atoms with E-state index in [1.807, 2.05) is 30.3 Å². The molecule has 14 heteroatoms. The lowest BCUT2D eigenvalue weighted by Gasteiger charge is -2.21. The minimum atomic E-state index is -0.960. The number of hydroxylamine groups is 1. The first-order chi connectivity index (χ1) is 25.7. The molecule has 1 atom stereocenters. The number of carbonyl (C=O) groups excluding carboxylic acids is 5. The number of amides is 4. The van der Waals surface area contributed by atoms with Crippen LogP contribution in [0, 0.1) is 5.41 Å². The van der Waals surface area contributed by atoms with Gasteiger partial charge in [-0.05, 0) is 74.5 Å². The molecule has 0 bridgehead atoms. The summed E-state index contributed by atoms with van der Waals surface area (Å²) in [5.74, 6) is -2.29. The first-order valence-corrected chi connectivity index (χ1v) is 18.3. The van der Waals surface area contributed by atoms with Gasteiger partial charge in [-0.1, -0.05) is 54.6 Å². The van der Waals surface area contributed by atoms with Crippen molar-refractivity contribution < 1.29 is 47.8 Å². The first kappa shape index (κ1) is 43.0. The molecule has 4 amide bonds. The standard InChI is InChI=1S/C39H56N4O10/c1-49-22-24-51-27-35(45)40-21-9-8-14-33(42-36(46)28-52-25-23-50-2)37(47)41-29-39(19-20-39)38(48)53-43-34(44)26-32-17-15-31(16-18-32)13-7-6-12-30-10-4-3-5-11-30/h3-5,10-11,15-18,33H,6-9,12-14,19-29H2,1-2H3,(H,40,45)(H,41,47)(H,42,46)(H,43,44)/t33-/m0/s1. The Bertz CT molecular complexity index is 1400. The smallest absolute Gasteiger partial charge is 0.340 e. The van der Waals surface area contributed by atoms with Crippen molar-refractivity contribution in [1.82, 2.24) is 21.4 Å². The van der Waals surface area contributed by atoms with Crippen LogP contribution < -0.4 is 21.4 Å². The molecule has 2 aromatic carbocycles. The predicted octanol–water partition coefficient (Wildman–Crippen LogP) is 2.36. The summed E-state index contributed by atoms with van der Waals surface area (Å²) in [5.41, 5.74) is 4.63. The zero-order valence-corrected chi connectivity index (χ0v) is 31.1. The highest BCUT2D eigenvalue weighted by molar-refractivity contribution is 5.89. The summed E-state index contributed by atoms with van der Waals surface area (Å²) in [7, 11) is 3.07. The van der Waals surface area contributed by atoms with E-state index >= 15 is 0 Å². The second-order valence-corrected chi connectivity index (χ2v) is 13.2. The van der Waals surface area contributed by atoms with Gasteiger partial charge in [0.05, 0.1) is 38.3 Å². The van der Waals surface area contributed by atoms with E-state index in [2.05, 4.69) is 45.7 Å². The van der Waals surface area contributed by atoms with E-state index in [4.69, 9.17) is 23.8 Å². The Balaban J connectivity index is 1.38. The topological polar surface area (TPSA) is 180 Å². The van der Waals surface area contributed by atoms with E-state index < -0.39 is 35.1 Å². The minimum Gasteiger partial charge on any atom is -0.382 e. The summed E-state index contributed by atoms with van der Waals surface area (Å²) in [6, 6.07) is 17.4. The van der Waals surface area contributed by atoms with Gasteiger partial charge in [0.15, 0.2) is 0 Å². The van der Waals surface area contributed by atoms with Gasteiger partial charge in [-0.3, -0.25) is 19.2 Å². The number of nitrogens with one attached hydrogen (secondary N) is 4. The van der Waals surface area contributed by atoms with E-state index in [9.17, 15) is 24.0 Å². The van der Waals surface area contributed by atoms with Crippen molar-refractivity contribution in [3.05, 3.63) is 71.3 Å². The van der Waals surface area contributed by atoms with Crippen LogP contribution in [0.4, 0.5) is 0 Å². The molecule has 0 radical (unpaired) electrons. The summed E-state index contributed by atoms with van der Waals surface area (Å²) >= 11 is 0. The van der Waals surface area contributed by atoms with Crippen molar-refractivity contribution in [3.8, 4) is 0 Å². The number of benzene rings is 2. The number of aryl methyl sites for hydroxylation is 2. The van der Waals surface area contributed by atoms with Crippen LogP contribution in [0.15, 0.2) is 54.6 Å². The third kappa shape index (κ3) is 17.8. The van der Waals surface area contributed by atoms with Gasteiger partial charge in [0.2, 0.25) is 17.7 Å². The highest BCUT2D eigenvalue weighted by Gasteiger charge is 2.52. The maximum absolute atomic E-state index is 13.2. The van der Waals surface area contributed by atoms with E-state index in [0.29, 0.717) is 58.5 Å². The summed E-state index contributed by atoms with van der Waals surface area (Å²) in [5, 5.41) is 8.22. The molecule has 53 heavy (non-hydrogen) atoms. The van der Waals surface area contributed by atoms with Crippen LogP contribution in [0.2, 0.25) is 0 Å². The van der Waals surface area contributed by atoms with E-state index in [1.165, 1.54) is 18.2 Å². The summed E-state index contributed by atoms with van der Waals surface area (Å²) < 4.78 is 20.3.